The van der Waals surface area contributed by atoms with Crippen molar-refractivity contribution < 1.29 is 9.90 Å². The highest BCUT2D eigenvalue weighted by molar-refractivity contribution is 6.36. The van der Waals surface area contributed by atoms with Crippen molar-refractivity contribution in [2.75, 3.05) is 0 Å². The highest BCUT2D eigenvalue weighted by atomic mass is 35.5. The molecule has 1 aromatic carbocycles. The predicted octanol–water partition coefficient (Wildman–Crippen LogP) is 4.16. The Morgan fingerprint density at radius 3 is 2.82 bits per heavy atom. The van der Waals surface area contributed by atoms with Crippen molar-refractivity contribution in [3.05, 3.63) is 33.8 Å². The molecule has 1 aromatic rings. The van der Waals surface area contributed by atoms with E-state index in [0.717, 1.165) is 25.7 Å². The van der Waals surface area contributed by atoms with Crippen LogP contribution in [0.25, 0.3) is 0 Å². The summed E-state index contributed by atoms with van der Waals surface area (Å²) >= 11 is 11.8. The lowest BCUT2D eigenvalue weighted by atomic mass is 10.1. The maximum absolute atomic E-state index is 11.6. The zero-order valence-electron chi connectivity index (χ0n) is 12.7. The number of nitrogens with one attached hydrogen (secondary N) is 1. The van der Waals surface area contributed by atoms with Crippen molar-refractivity contribution in [1.29, 1.82) is 0 Å². The van der Waals surface area contributed by atoms with Crippen LogP contribution in [0.5, 0.6) is 0 Å². The molecule has 22 heavy (non-hydrogen) atoms. The summed E-state index contributed by atoms with van der Waals surface area (Å²) in [5, 5.41) is 14.6. The lowest BCUT2D eigenvalue weighted by Crippen LogP contribution is -2.19. The number of aliphatic hydroxyl groups is 1. The maximum atomic E-state index is 11.6. The number of halogens is 2. The largest absolute Gasteiger partial charge is 0.393 e. The molecule has 0 aromatic heterocycles. The SMILES string of the molecule is CCCCC[C@H](O)CCC(=O)N/N=C\c1ccc(Cl)cc1Cl. The average molecular weight is 345 g/mol. The predicted molar refractivity (Wildman–Crippen MR) is 91.6 cm³/mol. The summed E-state index contributed by atoms with van der Waals surface area (Å²) < 4.78 is 0. The maximum Gasteiger partial charge on any atom is 0.240 e. The van der Waals surface area contributed by atoms with E-state index in [4.69, 9.17) is 23.2 Å². The van der Waals surface area contributed by atoms with E-state index in [-0.39, 0.29) is 12.3 Å². The summed E-state index contributed by atoms with van der Waals surface area (Å²) in [7, 11) is 0. The van der Waals surface area contributed by atoms with E-state index in [0.29, 0.717) is 22.0 Å². The van der Waals surface area contributed by atoms with Crippen LogP contribution in [0.1, 0.15) is 51.0 Å². The number of hydrogen-bond donors (Lipinski definition) is 2. The number of unbranched alkanes of at least 4 members (excludes halogenated alkanes) is 2. The molecule has 6 heteroatoms. The van der Waals surface area contributed by atoms with Crippen molar-refractivity contribution in [2.45, 2.75) is 51.6 Å². The van der Waals surface area contributed by atoms with Crippen LogP contribution in [-0.4, -0.2) is 23.3 Å². The summed E-state index contributed by atoms with van der Waals surface area (Å²) in [6.45, 7) is 2.12. The monoisotopic (exact) mass is 344 g/mol. The van der Waals surface area contributed by atoms with Gasteiger partial charge in [-0.2, -0.15) is 5.10 Å². The zero-order valence-corrected chi connectivity index (χ0v) is 14.2. The van der Waals surface area contributed by atoms with Gasteiger partial charge >= 0.3 is 0 Å². The molecule has 0 saturated heterocycles. The van der Waals surface area contributed by atoms with Gasteiger partial charge in [0.2, 0.25) is 5.91 Å². The molecule has 0 saturated carbocycles. The number of hydrogen-bond acceptors (Lipinski definition) is 3. The van der Waals surface area contributed by atoms with E-state index in [2.05, 4.69) is 17.5 Å². The third kappa shape index (κ3) is 7.78. The van der Waals surface area contributed by atoms with Crippen LogP contribution in [0.2, 0.25) is 10.0 Å². The van der Waals surface area contributed by atoms with Crippen LogP contribution in [0.4, 0.5) is 0 Å². The second-order valence-corrected chi connectivity index (χ2v) is 5.99. The fraction of sp³-hybridized carbons (Fsp3) is 0.500. The van der Waals surface area contributed by atoms with E-state index in [1.807, 2.05) is 0 Å². The first kappa shape index (κ1) is 18.9. The molecule has 0 unspecified atom stereocenters. The molecule has 2 N–H and O–H groups in total. The number of rotatable bonds is 9. The Morgan fingerprint density at radius 1 is 1.36 bits per heavy atom. The van der Waals surface area contributed by atoms with Crippen LogP contribution in [0.15, 0.2) is 23.3 Å². The summed E-state index contributed by atoms with van der Waals surface area (Å²) in [5.41, 5.74) is 3.10. The molecular weight excluding hydrogens is 323 g/mol. The number of carbonyl (C=O) groups is 1. The topological polar surface area (TPSA) is 61.7 Å². The Bertz CT molecular complexity index is 507. The summed E-state index contributed by atoms with van der Waals surface area (Å²) in [6, 6.07) is 5.03. The third-order valence-electron chi connectivity index (χ3n) is 3.20. The zero-order chi connectivity index (χ0) is 16.4. The fourth-order valence-corrected chi connectivity index (χ4v) is 2.37. The van der Waals surface area contributed by atoms with Crippen molar-refractivity contribution in [1.82, 2.24) is 5.43 Å². The first-order chi connectivity index (χ1) is 10.5. The summed E-state index contributed by atoms with van der Waals surface area (Å²) in [5.74, 6) is -0.226. The minimum atomic E-state index is -0.424. The van der Waals surface area contributed by atoms with E-state index in [9.17, 15) is 9.90 Å². The number of amides is 1. The smallest absolute Gasteiger partial charge is 0.240 e. The molecule has 0 heterocycles. The second kappa shape index (κ2) is 10.6. The Hall–Kier alpha value is -1.10. The highest BCUT2D eigenvalue weighted by Gasteiger charge is 2.07. The minimum absolute atomic E-state index is 0.226. The van der Waals surface area contributed by atoms with Crippen LogP contribution < -0.4 is 5.43 Å². The second-order valence-electron chi connectivity index (χ2n) is 5.15. The third-order valence-corrected chi connectivity index (χ3v) is 3.76. The van der Waals surface area contributed by atoms with E-state index in [1.165, 1.54) is 6.21 Å². The van der Waals surface area contributed by atoms with Gasteiger partial charge in [0, 0.05) is 17.0 Å². The van der Waals surface area contributed by atoms with E-state index in [1.54, 1.807) is 18.2 Å². The van der Waals surface area contributed by atoms with Crippen LogP contribution in [-0.2, 0) is 4.79 Å². The molecule has 0 fully saturated rings. The lowest BCUT2D eigenvalue weighted by Gasteiger charge is -2.08. The Morgan fingerprint density at radius 2 is 2.14 bits per heavy atom. The van der Waals surface area contributed by atoms with E-state index < -0.39 is 6.10 Å². The standard InChI is InChI=1S/C16H22Cl2N2O2/c1-2-3-4-5-14(21)8-9-16(22)20-19-11-12-6-7-13(17)10-15(12)18/h6-7,10-11,14,21H,2-5,8-9H2,1H3,(H,20,22)/b19-11-/t14-/m0/s1. The number of nitrogens with zero attached hydrogens (tertiary/aromatic N) is 1. The van der Waals surface area contributed by atoms with Crippen molar-refractivity contribution in [3.63, 3.8) is 0 Å². The molecule has 1 rings (SSSR count). The minimum Gasteiger partial charge on any atom is -0.393 e. The fourth-order valence-electron chi connectivity index (χ4n) is 1.91. The molecule has 122 valence electrons. The quantitative estimate of drug-likeness (QED) is 0.401. The van der Waals surface area contributed by atoms with Crippen LogP contribution >= 0.6 is 23.2 Å². The van der Waals surface area contributed by atoms with E-state index >= 15 is 0 Å². The number of carbonyl (C=O) groups excluding carboxylic acids is 1. The number of aliphatic hydroxyl groups excluding tert-OH is 1. The molecule has 0 aliphatic rings. The van der Waals surface area contributed by atoms with Crippen molar-refractivity contribution in [2.24, 2.45) is 5.10 Å². The highest BCUT2D eigenvalue weighted by Crippen LogP contribution is 2.19. The van der Waals surface area contributed by atoms with Crippen LogP contribution in [0.3, 0.4) is 0 Å². The van der Waals surface area contributed by atoms with Crippen molar-refractivity contribution in [3.8, 4) is 0 Å². The molecule has 0 bridgehead atoms. The molecule has 0 aliphatic carbocycles. The number of benzene rings is 1. The summed E-state index contributed by atoms with van der Waals surface area (Å²) in [6.07, 6.45) is 5.70. The van der Waals surface area contributed by atoms with Gasteiger partial charge in [-0.3, -0.25) is 4.79 Å². The van der Waals surface area contributed by atoms with Gasteiger partial charge in [0.15, 0.2) is 0 Å². The summed E-state index contributed by atoms with van der Waals surface area (Å²) in [4.78, 5) is 11.6. The van der Waals surface area contributed by atoms with Gasteiger partial charge in [0.25, 0.3) is 0 Å². The molecule has 1 amide bonds. The Kier molecular flexibility index (Phi) is 9.13. The van der Waals surface area contributed by atoms with Gasteiger partial charge < -0.3 is 5.11 Å². The Balaban J connectivity index is 2.29. The molecule has 1 atom stereocenters. The van der Waals surface area contributed by atoms with Crippen molar-refractivity contribution >= 4 is 35.3 Å². The van der Waals surface area contributed by atoms with Gasteiger partial charge in [-0.25, -0.2) is 5.43 Å². The van der Waals surface area contributed by atoms with Gasteiger partial charge in [-0.1, -0.05) is 55.5 Å². The van der Waals surface area contributed by atoms with Gasteiger partial charge in [-0.05, 0) is 25.0 Å². The Labute approximate surface area is 141 Å². The molecule has 0 radical (unpaired) electrons. The molecule has 0 spiro atoms. The van der Waals surface area contributed by atoms with Crippen LogP contribution in [0, 0.1) is 0 Å². The van der Waals surface area contributed by atoms with Gasteiger partial charge in [-0.15, -0.1) is 0 Å². The first-order valence-corrected chi connectivity index (χ1v) is 8.23. The van der Waals surface area contributed by atoms with Gasteiger partial charge in [0.1, 0.15) is 0 Å². The molecule has 4 nitrogen and oxygen atoms in total. The number of hydrazone groups is 1. The first-order valence-electron chi connectivity index (χ1n) is 7.48. The van der Waals surface area contributed by atoms with Gasteiger partial charge in [0.05, 0.1) is 17.3 Å². The molecule has 0 aliphatic heterocycles. The lowest BCUT2D eigenvalue weighted by molar-refractivity contribution is -0.121. The normalized spacial score (nSPS) is 12.5. The average Bonchev–Trinajstić information content (AvgIpc) is 2.47. The molecular formula is C16H22Cl2N2O2.